The molecule has 1 fully saturated rings. The highest BCUT2D eigenvalue weighted by molar-refractivity contribution is 5.96. The Morgan fingerprint density at radius 1 is 1.53 bits per heavy atom. The van der Waals surface area contributed by atoms with Crippen LogP contribution >= 0.6 is 0 Å². The Morgan fingerprint density at radius 2 is 2.29 bits per heavy atom. The summed E-state index contributed by atoms with van der Waals surface area (Å²) in [4.78, 5) is 22.9. The number of phenolic OH excluding ortho intramolecular Hbond substituents is 1. The minimum atomic E-state index is -0.219. The van der Waals surface area contributed by atoms with E-state index in [1.165, 1.54) is 12.1 Å². The maximum absolute atomic E-state index is 11.9. The third-order valence-electron chi connectivity index (χ3n) is 2.77. The molecule has 1 unspecified atom stereocenters. The monoisotopic (exact) mass is 234 g/mol. The number of phenols is 1. The molecule has 1 aliphatic heterocycles. The quantitative estimate of drug-likeness (QED) is 0.689. The smallest absolute Gasteiger partial charge is 0.251 e. The van der Waals surface area contributed by atoms with E-state index in [1.807, 2.05) is 0 Å². The predicted octanol–water partition coefficient (Wildman–Crippen LogP) is 0.319. The van der Waals surface area contributed by atoms with Gasteiger partial charge in [0.2, 0.25) is 5.91 Å². The summed E-state index contributed by atoms with van der Waals surface area (Å²) in [5, 5.41) is 14.7. The fourth-order valence-corrected chi connectivity index (χ4v) is 1.87. The van der Waals surface area contributed by atoms with Gasteiger partial charge in [-0.25, -0.2) is 0 Å². The average Bonchev–Trinajstić information content (AvgIpc) is 2.63. The summed E-state index contributed by atoms with van der Waals surface area (Å²) in [6, 6.07) is 4.43. The van der Waals surface area contributed by atoms with Crippen LogP contribution in [0.5, 0.6) is 5.75 Å². The molecular formula is C12H14N2O3. The fourth-order valence-electron chi connectivity index (χ4n) is 1.87. The maximum Gasteiger partial charge on any atom is 0.251 e. The van der Waals surface area contributed by atoms with Crippen LogP contribution in [0.3, 0.4) is 0 Å². The largest absolute Gasteiger partial charge is 0.508 e. The Bertz CT molecular complexity index is 471. The Balaban J connectivity index is 2.07. The van der Waals surface area contributed by atoms with Crippen LogP contribution < -0.4 is 10.6 Å². The van der Waals surface area contributed by atoms with Gasteiger partial charge in [-0.1, -0.05) is 0 Å². The summed E-state index contributed by atoms with van der Waals surface area (Å²) in [5.41, 5.74) is 1.22. The molecule has 0 aromatic heterocycles. The number of nitrogens with one attached hydrogen (secondary N) is 2. The number of aromatic hydroxyl groups is 1. The molecule has 5 nitrogen and oxygen atoms in total. The molecule has 1 atom stereocenters. The molecule has 1 aromatic rings. The second-order valence-electron chi connectivity index (χ2n) is 4.18. The minimum Gasteiger partial charge on any atom is -0.508 e. The van der Waals surface area contributed by atoms with Crippen LogP contribution in [0.2, 0.25) is 0 Å². The Hall–Kier alpha value is -2.04. The molecule has 90 valence electrons. The van der Waals surface area contributed by atoms with Crippen LogP contribution in [-0.4, -0.2) is 29.5 Å². The molecule has 0 aliphatic carbocycles. The van der Waals surface area contributed by atoms with Crippen molar-refractivity contribution in [2.75, 3.05) is 6.54 Å². The lowest BCUT2D eigenvalue weighted by molar-refractivity contribution is -0.119. The van der Waals surface area contributed by atoms with Crippen molar-refractivity contribution >= 4 is 11.8 Å². The molecule has 0 spiro atoms. The van der Waals surface area contributed by atoms with Gasteiger partial charge in [0.1, 0.15) is 5.75 Å². The van der Waals surface area contributed by atoms with Gasteiger partial charge in [0.15, 0.2) is 0 Å². The number of carbonyl (C=O) groups is 2. The van der Waals surface area contributed by atoms with Crippen LogP contribution in [0.1, 0.15) is 22.3 Å². The van der Waals surface area contributed by atoms with Crippen LogP contribution in [0.15, 0.2) is 18.2 Å². The third-order valence-corrected chi connectivity index (χ3v) is 2.77. The normalized spacial score (nSPS) is 18.9. The van der Waals surface area contributed by atoms with Crippen molar-refractivity contribution in [3.05, 3.63) is 29.3 Å². The van der Waals surface area contributed by atoms with E-state index in [0.29, 0.717) is 24.1 Å². The first-order chi connectivity index (χ1) is 8.06. The Morgan fingerprint density at radius 3 is 2.88 bits per heavy atom. The third kappa shape index (κ3) is 2.55. The van der Waals surface area contributed by atoms with E-state index < -0.39 is 0 Å². The first-order valence-corrected chi connectivity index (χ1v) is 5.43. The van der Waals surface area contributed by atoms with Crippen molar-refractivity contribution < 1.29 is 14.7 Å². The molecule has 17 heavy (non-hydrogen) atoms. The molecule has 0 radical (unpaired) electrons. The predicted molar refractivity (Wildman–Crippen MR) is 61.7 cm³/mol. The fraction of sp³-hybridized carbons (Fsp3) is 0.333. The first kappa shape index (κ1) is 11.4. The highest BCUT2D eigenvalue weighted by atomic mass is 16.3. The molecule has 0 bridgehead atoms. The molecule has 3 N–H and O–H groups in total. The second kappa shape index (κ2) is 4.45. The second-order valence-corrected chi connectivity index (χ2v) is 4.18. The summed E-state index contributed by atoms with van der Waals surface area (Å²) < 4.78 is 0. The topological polar surface area (TPSA) is 78.4 Å². The molecule has 1 aliphatic rings. The zero-order valence-corrected chi connectivity index (χ0v) is 9.49. The molecular weight excluding hydrogens is 220 g/mol. The molecule has 2 rings (SSSR count). The van der Waals surface area contributed by atoms with Gasteiger partial charge >= 0.3 is 0 Å². The summed E-state index contributed by atoms with van der Waals surface area (Å²) in [7, 11) is 0. The van der Waals surface area contributed by atoms with Crippen LogP contribution in [0.25, 0.3) is 0 Å². The van der Waals surface area contributed by atoms with Crippen molar-refractivity contribution in [1.29, 1.82) is 0 Å². The van der Waals surface area contributed by atoms with Crippen molar-refractivity contribution in [2.24, 2.45) is 0 Å². The van der Waals surface area contributed by atoms with Crippen LogP contribution in [0.4, 0.5) is 0 Å². The van der Waals surface area contributed by atoms with Crippen LogP contribution in [-0.2, 0) is 4.79 Å². The summed E-state index contributed by atoms with van der Waals surface area (Å²) in [6.45, 7) is 2.23. The van der Waals surface area contributed by atoms with Crippen LogP contribution in [0, 0.1) is 6.92 Å². The maximum atomic E-state index is 11.9. The zero-order valence-electron chi connectivity index (χ0n) is 9.49. The highest BCUT2D eigenvalue weighted by Crippen LogP contribution is 2.16. The van der Waals surface area contributed by atoms with Crippen molar-refractivity contribution in [3.8, 4) is 5.75 Å². The SMILES string of the molecule is Cc1cc(O)ccc1C(=O)NC1CNC(=O)C1. The number of hydrogen-bond donors (Lipinski definition) is 3. The molecule has 5 heteroatoms. The number of rotatable bonds is 2. The number of hydrogen-bond acceptors (Lipinski definition) is 3. The lowest BCUT2D eigenvalue weighted by Crippen LogP contribution is -2.36. The van der Waals surface area contributed by atoms with E-state index in [9.17, 15) is 14.7 Å². The summed E-state index contributed by atoms with van der Waals surface area (Å²) >= 11 is 0. The number of amides is 2. The Kier molecular flexibility index (Phi) is 2.99. The zero-order chi connectivity index (χ0) is 12.4. The summed E-state index contributed by atoms with van der Waals surface area (Å²) in [5.74, 6) is -0.126. The first-order valence-electron chi connectivity index (χ1n) is 5.43. The average molecular weight is 234 g/mol. The molecule has 2 amide bonds. The van der Waals surface area contributed by atoms with E-state index in [4.69, 9.17) is 0 Å². The van der Waals surface area contributed by atoms with Gasteiger partial charge in [-0.05, 0) is 30.7 Å². The number of benzene rings is 1. The summed E-state index contributed by atoms with van der Waals surface area (Å²) in [6.07, 6.45) is 0.322. The van der Waals surface area contributed by atoms with Gasteiger partial charge in [-0.2, -0.15) is 0 Å². The van der Waals surface area contributed by atoms with Crippen molar-refractivity contribution in [1.82, 2.24) is 10.6 Å². The van der Waals surface area contributed by atoms with Gasteiger partial charge < -0.3 is 15.7 Å². The van der Waals surface area contributed by atoms with E-state index in [2.05, 4.69) is 10.6 Å². The van der Waals surface area contributed by atoms with E-state index in [0.717, 1.165) is 0 Å². The van der Waals surface area contributed by atoms with Gasteiger partial charge in [0, 0.05) is 18.5 Å². The van der Waals surface area contributed by atoms with E-state index in [-0.39, 0.29) is 23.6 Å². The molecule has 1 aromatic carbocycles. The lowest BCUT2D eigenvalue weighted by Gasteiger charge is -2.12. The van der Waals surface area contributed by atoms with Gasteiger partial charge in [-0.15, -0.1) is 0 Å². The van der Waals surface area contributed by atoms with Gasteiger partial charge in [-0.3, -0.25) is 9.59 Å². The Labute approximate surface area is 98.8 Å². The van der Waals surface area contributed by atoms with E-state index in [1.54, 1.807) is 13.0 Å². The van der Waals surface area contributed by atoms with Gasteiger partial charge in [0.25, 0.3) is 5.91 Å². The minimum absolute atomic E-state index is 0.0438. The molecule has 1 saturated heterocycles. The van der Waals surface area contributed by atoms with E-state index >= 15 is 0 Å². The number of carbonyl (C=O) groups excluding carboxylic acids is 2. The van der Waals surface area contributed by atoms with Crippen molar-refractivity contribution in [2.45, 2.75) is 19.4 Å². The molecule has 0 saturated carbocycles. The molecule has 1 heterocycles. The lowest BCUT2D eigenvalue weighted by atomic mass is 10.1. The number of aryl methyl sites for hydroxylation is 1. The highest BCUT2D eigenvalue weighted by Gasteiger charge is 2.23. The standard InChI is InChI=1S/C12H14N2O3/c1-7-4-9(15)2-3-10(7)12(17)14-8-5-11(16)13-6-8/h2-4,8,15H,5-6H2,1H3,(H,13,16)(H,14,17). The van der Waals surface area contributed by atoms with Gasteiger partial charge in [0.05, 0.1) is 6.04 Å². The van der Waals surface area contributed by atoms with Crippen molar-refractivity contribution in [3.63, 3.8) is 0 Å².